The standard InChI is InChI=1S/C18H20Cl2O/c1-11-5-7-15(13(3)17(11)19)9-21-10-16-8-6-12(2)18(20)14(16)4/h5-8H,9-10H2,1-4H3. The van der Waals surface area contributed by atoms with E-state index in [1.54, 1.807) is 0 Å². The Labute approximate surface area is 136 Å². The second kappa shape index (κ2) is 6.83. The van der Waals surface area contributed by atoms with E-state index in [-0.39, 0.29) is 0 Å². The Morgan fingerprint density at radius 2 is 1.10 bits per heavy atom. The fourth-order valence-electron chi connectivity index (χ4n) is 2.30. The van der Waals surface area contributed by atoms with Crippen LogP contribution in [0.1, 0.15) is 33.4 Å². The molecule has 0 spiro atoms. The van der Waals surface area contributed by atoms with Crippen LogP contribution < -0.4 is 0 Å². The van der Waals surface area contributed by atoms with Crippen molar-refractivity contribution in [2.45, 2.75) is 40.9 Å². The molecule has 3 heteroatoms. The van der Waals surface area contributed by atoms with Crippen LogP contribution in [0.25, 0.3) is 0 Å². The smallest absolute Gasteiger partial charge is 0.0724 e. The highest BCUT2D eigenvalue weighted by atomic mass is 35.5. The van der Waals surface area contributed by atoms with Gasteiger partial charge in [0, 0.05) is 10.0 Å². The Kier molecular flexibility index (Phi) is 5.32. The van der Waals surface area contributed by atoms with Crippen molar-refractivity contribution in [3.05, 3.63) is 67.7 Å². The molecule has 0 aliphatic rings. The summed E-state index contributed by atoms with van der Waals surface area (Å²) in [5.74, 6) is 0. The summed E-state index contributed by atoms with van der Waals surface area (Å²) < 4.78 is 5.84. The molecule has 2 aromatic rings. The third-order valence-electron chi connectivity index (χ3n) is 3.90. The molecule has 1 nitrogen and oxygen atoms in total. The lowest BCUT2D eigenvalue weighted by molar-refractivity contribution is 0.106. The van der Waals surface area contributed by atoms with E-state index in [1.165, 1.54) is 0 Å². The Bertz CT molecular complexity index is 605. The summed E-state index contributed by atoms with van der Waals surface area (Å²) in [5, 5.41) is 1.65. The van der Waals surface area contributed by atoms with Gasteiger partial charge in [0.15, 0.2) is 0 Å². The lowest BCUT2D eigenvalue weighted by atomic mass is 10.1. The lowest BCUT2D eigenvalue weighted by Crippen LogP contribution is -2.00. The van der Waals surface area contributed by atoms with Crippen LogP contribution in [0.4, 0.5) is 0 Å². The number of rotatable bonds is 4. The van der Waals surface area contributed by atoms with E-state index in [2.05, 4.69) is 12.1 Å². The minimum Gasteiger partial charge on any atom is -0.372 e. The van der Waals surface area contributed by atoms with Crippen molar-refractivity contribution in [2.24, 2.45) is 0 Å². The van der Waals surface area contributed by atoms with Gasteiger partial charge in [0.1, 0.15) is 0 Å². The first-order valence-corrected chi connectivity index (χ1v) is 7.74. The minimum absolute atomic E-state index is 0.552. The first-order chi connectivity index (χ1) is 9.91. The second-order valence-corrected chi connectivity index (χ2v) is 6.21. The van der Waals surface area contributed by atoms with Crippen molar-refractivity contribution in [3.63, 3.8) is 0 Å². The first-order valence-electron chi connectivity index (χ1n) is 6.98. The molecule has 2 rings (SSSR count). The van der Waals surface area contributed by atoms with Crippen molar-refractivity contribution in [1.82, 2.24) is 0 Å². The monoisotopic (exact) mass is 322 g/mol. The lowest BCUT2D eigenvalue weighted by Gasteiger charge is -2.13. The number of benzene rings is 2. The van der Waals surface area contributed by atoms with Gasteiger partial charge in [-0.05, 0) is 61.1 Å². The van der Waals surface area contributed by atoms with Gasteiger partial charge in [-0.3, -0.25) is 0 Å². The summed E-state index contributed by atoms with van der Waals surface area (Å²) in [6.07, 6.45) is 0. The van der Waals surface area contributed by atoms with E-state index in [9.17, 15) is 0 Å². The molecule has 0 amide bonds. The first kappa shape index (κ1) is 16.4. The molecule has 0 unspecified atom stereocenters. The summed E-state index contributed by atoms with van der Waals surface area (Å²) in [6.45, 7) is 9.19. The van der Waals surface area contributed by atoms with Crippen LogP contribution in [0, 0.1) is 27.7 Å². The molecule has 112 valence electrons. The number of hydrogen-bond donors (Lipinski definition) is 0. The van der Waals surface area contributed by atoms with Crippen LogP contribution in [-0.2, 0) is 18.0 Å². The van der Waals surface area contributed by atoms with Gasteiger partial charge in [0.2, 0.25) is 0 Å². The van der Waals surface area contributed by atoms with Crippen molar-refractivity contribution < 1.29 is 4.74 Å². The molecule has 0 heterocycles. The minimum atomic E-state index is 0.552. The normalized spacial score (nSPS) is 11.0. The molecule has 2 aromatic carbocycles. The maximum Gasteiger partial charge on any atom is 0.0724 e. The van der Waals surface area contributed by atoms with Gasteiger partial charge in [-0.25, -0.2) is 0 Å². The van der Waals surface area contributed by atoms with Gasteiger partial charge >= 0.3 is 0 Å². The highest BCUT2D eigenvalue weighted by molar-refractivity contribution is 6.32. The van der Waals surface area contributed by atoms with Gasteiger partial charge in [-0.2, -0.15) is 0 Å². The second-order valence-electron chi connectivity index (χ2n) is 5.45. The maximum atomic E-state index is 6.27. The molecule has 0 saturated carbocycles. The number of halogens is 2. The molecule has 0 aromatic heterocycles. The average Bonchev–Trinajstić information content (AvgIpc) is 2.47. The predicted octanol–water partition coefficient (Wildman–Crippen LogP) is 5.94. The van der Waals surface area contributed by atoms with Gasteiger partial charge < -0.3 is 4.74 Å². The van der Waals surface area contributed by atoms with E-state index < -0.39 is 0 Å². The molecular weight excluding hydrogens is 303 g/mol. The summed E-state index contributed by atoms with van der Waals surface area (Å²) in [6, 6.07) is 8.21. The van der Waals surface area contributed by atoms with Crippen LogP contribution >= 0.6 is 23.2 Å². The molecule has 0 N–H and O–H groups in total. The molecular formula is C18H20Cl2O. The average molecular weight is 323 g/mol. The zero-order chi connectivity index (χ0) is 15.6. The molecule has 0 aliphatic carbocycles. The van der Waals surface area contributed by atoms with E-state index in [4.69, 9.17) is 27.9 Å². The Hall–Kier alpha value is -1.02. The number of ether oxygens (including phenoxy) is 1. The molecule has 0 radical (unpaired) electrons. The van der Waals surface area contributed by atoms with E-state index in [0.717, 1.165) is 43.4 Å². The highest BCUT2D eigenvalue weighted by Gasteiger charge is 2.08. The molecule has 0 fully saturated rings. The molecule has 0 atom stereocenters. The van der Waals surface area contributed by atoms with E-state index in [1.807, 2.05) is 39.8 Å². The summed E-state index contributed by atoms with van der Waals surface area (Å²) >= 11 is 12.5. The topological polar surface area (TPSA) is 9.23 Å². The largest absolute Gasteiger partial charge is 0.372 e. The van der Waals surface area contributed by atoms with Crippen LogP contribution in [0.15, 0.2) is 24.3 Å². The zero-order valence-corrected chi connectivity index (χ0v) is 14.4. The molecule has 0 saturated heterocycles. The van der Waals surface area contributed by atoms with E-state index in [0.29, 0.717) is 13.2 Å². The molecule has 0 bridgehead atoms. The Balaban J connectivity index is 2.06. The summed E-state index contributed by atoms with van der Waals surface area (Å²) in [7, 11) is 0. The number of aryl methyl sites for hydroxylation is 2. The third-order valence-corrected chi connectivity index (χ3v) is 5.06. The van der Waals surface area contributed by atoms with Crippen molar-refractivity contribution in [3.8, 4) is 0 Å². The van der Waals surface area contributed by atoms with Crippen molar-refractivity contribution in [2.75, 3.05) is 0 Å². The fourth-order valence-corrected chi connectivity index (χ4v) is 2.67. The summed E-state index contributed by atoms with van der Waals surface area (Å²) in [5.41, 5.74) is 6.63. The van der Waals surface area contributed by atoms with Crippen LogP contribution in [0.2, 0.25) is 10.0 Å². The SMILES string of the molecule is Cc1ccc(COCc2ccc(C)c(Cl)c2C)c(C)c1Cl. The zero-order valence-electron chi connectivity index (χ0n) is 12.9. The predicted molar refractivity (Wildman–Crippen MR) is 90.3 cm³/mol. The number of hydrogen-bond acceptors (Lipinski definition) is 1. The Morgan fingerprint density at radius 1 is 0.714 bits per heavy atom. The van der Waals surface area contributed by atoms with Crippen molar-refractivity contribution in [1.29, 1.82) is 0 Å². The van der Waals surface area contributed by atoms with Gasteiger partial charge in [0.05, 0.1) is 13.2 Å². The van der Waals surface area contributed by atoms with Crippen molar-refractivity contribution >= 4 is 23.2 Å². The quantitative estimate of drug-likeness (QED) is 0.676. The third kappa shape index (κ3) is 3.60. The highest BCUT2D eigenvalue weighted by Crippen LogP contribution is 2.26. The van der Waals surface area contributed by atoms with Gasteiger partial charge in [-0.15, -0.1) is 0 Å². The Morgan fingerprint density at radius 3 is 1.48 bits per heavy atom. The van der Waals surface area contributed by atoms with Crippen LogP contribution in [0.5, 0.6) is 0 Å². The molecule has 21 heavy (non-hydrogen) atoms. The van der Waals surface area contributed by atoms with Crippen LogP contribution in [-0.4, -0.2) is 0 Å². The van der Waals surface area contributed by atoms with E-state index >= 15 is 0 Å². The molecule has 0 aliphatic heterocycles. The summed E-state index contributed by atoms with van der Waals surface area (Å²) in [4.78, 5) is 0. The van der Waals surface area contributed by atoms with Crippen LogP contribution in [0.3, 0.4) is 0 Å². The fraction of sp³-hybridized carbons (Fsp3) is 0.333. The maximum absolute atomic E-state index is 6.27. The van der Waals surface area contributed by atoms with Gasteiger partial charge in [0.25, 0.3) is 0 Å². The van der Waals surface area contributed by atoms with Gasteiger partial charge in [-0.1, -0.05) is 47.5 Å².